The maximum atomic E-state index is 13.2. The summed E-state index contributed by atoms with van der Waals surface area (Å²) in [6.07, 6.45) is 5.64. The summed E-state index contributed by atoms with van der Waals surface area (Å²) < 4.78 is 0. The minimum Gasteiger partial charge on any atom is -0.274 e. The molecular weight excluding hydrogens is 298 g/mol. The topological polar surface area (TPSA) is 37.4 Å². The molecule has 0 aromatic heterocycles. The zero-order valence-electron chi connectivity index (χ0n) is 13.1. The molecule has 5 aliphatic rings. The number of amides is 2. The van der Waals surface area contributed by atoms with Gasteiger partial charge in [-0.15, -0.1) is 0 Å². The van der Waals surface area contributed by atoms with Crippen LogP contribution in [0.4, 0.5) is 5.69 Å². The average molecular weight is 315 g/mol. The van der Waals surface area contributed by atoms with Crippen LogP contribution >= 0.6 is 0 Å². The van der Waals surface area contributed by atoms with Gasteiger partial charge in [-0.3, -0.25) is 9.59 Å². The lowest BCUT2D eigenvalue weighted by Gasteiger charge is -2.37. The molecule has 2 saturated carbocycles. The monoisotopic (exact) mass is 315 g/mol. The van der Waals surface area contributed by atoms with Gasteiger partial charge in [-0.05, 0) is 41.5 Å². The Morgan fingerprint density at radius 1 is 0.792 bits per heavy atom. The van der Waals surface area contributed by atoms with Crippen LogP contribution in [0.25, 0.3) is 10.8 Å². The number of allylic oxidation sites excluding steroid dienone is 2. The zero-order valence-corrected chi connectivity index (χ0v) is 13.1. The second-order valence-electron chi connectivity index (χ2n) is 7.66. The molecule has 3 heteroatoms. The van der Waals surface area contributed by atoms with E-state index in [1.165, 1.54) is 11.3 Å². The second-order valence-corrected chi connectivity index (χ2v) is 7.66. The van der Waals surface area contributed by atoms with Crippen molar-refractivity contribution in [3.63, 3.8) is 0 Å². The van der Waals surface area contributed by atoms with E-state index < -0.39 is 0 Å². The van der Waals surface area contributed by atoms with Crippen LogP contribution in [0.2, 0.25) is 0 Å². The number of nitrogens with zero attached hydrogens (tertiary/aromatic N) is 1. The number of anilines is 1. The number of fused-ring (bicyclic) bond motifs is 1. The minimum atomic E-state index is -0.129. The van der Waals surface area contributed by atoms with Gasteiger partial charge >= 0.3 is 0 Å². The Morgan fingerprint density at radius 2 is 1.42 bits per heavy atom. The third-order valence-corrected chi connectivity index (χ3v) is 6.67. The molecule has 4 aliphatic carbocycles. The lowest BCUT2D eigenvalue weighted by atomic mass is 9.63. The van der Waals surface area contributed by atoms with Crippen LogP contribution in [0.15, 0.2) is 54.6 Å². The standard InChI is InChI=1S/C21H17NO2/c23-20-18-13-8-9-14(16-10-15(13)16)19(18)21(24)22(20)17-7-3-5-11-4-1-2-6-12(11)17/h1-9,13-16,18-19H,10H2/t13-,14+,15-,16-,18+,19+/m1/s1. The van der Waals surface area contributed by atoms with Crippen LogP contribution in [0.3, 0.4) is 0 Å². The first-order valence-corrected chi connectivity index (χ1v) is 8.79. The molecule has 0 unspecified atom stereocenters. The largest absolute Gasteiger partial charge is 0.274 e. The normalized spacial score (nSPS) is 38.6. The van der Waals surface area contributed by atoms with Gasteiger partial charge in [-0.25, -0.2) is 4.90 Å². The Balaban J connectivity index is 1.52. The Morgan fingerprint density at radius 3 is 2.12 bits per heavy atom. The van der Waals surface area contributed by atoms with Gasteiger partial charge in [0.25, 0.3) is 0 Å². The second kappa shape index (κ2) is 4.15. The van der Waals surface area contributed by atoms with Crippen LogP contribution in [0.1, 0.15) is 6.42 Å². The number of imide groups is 1. The van der Waals surface area contributed by atoms with Gasteiger partial charge in [-0.2, -0.15) is 0 Å². The summed E-state index contributed by atoms with van der Waals surface area (Å²) in [5.41, 5.74) is 0.755. The van der Waals surface area contributed by atoms with Crippen molar-refractivity contribution < 1.29 is 9.59 Å². The van der Waals surface area contributed by atoms with Crippen molar-refractivity contribution in [3.8, 4) is 0 Å². The summed E-state index contributed by atoms with van der Waals surface area (Å²) in [5.74, 6) is 1.63. The highest BCUT2D eigenvalue weighted by Crippen LogP contribution is 2.65. The van der Waals surface area contributed by atoms with Crippen molar-refractivity contribution in [2.75, 3.05) is 4.90 Å². The fraction of sp³-hybridized carbons (Fsp3) is 0.333. The number of carbonyl (C=O) groups excluding carboxylic acids is 2. The number of carbonyl (C=O) groups is 2. The van der Waals surface area contributed by atoms with E-state index in [1.807, 2.05) is 42.5 Å². The van der Waals surface area contributed by atoms with Crippen molar-refractivity contribution in [3.05, 3.63) is 54.6 Å². The van der Waals surface area contributed by atoms with E-state index in [1.54, 1.807) is 0 Å². The van der Waals surface area contributed by atoms with Crippen molar-refractivity contribution in [2.45, 2.75) is 6.42 Å². The van der Waals surface area contributed by atoms with Crippen molar-refractivity contribution in [1.29, 1.82) is 0 Å². The summed E-state index contributed by atoms with van der Waals surface area (Å²) in [6, 6.07) is 13.8. The van der Waals surface area contributed by atoms with Crippen LogP contribution in [0.5, 0.6) is 0 Å². The Bertz CT molecular complexity index is 905. The van der Waals surface area contributed by atoms with E-state index in [0.717, 1.165) is 16.5 Å². The fourth-order valence-corrected chi connectivity index (χ4v) is 5.60. The average Bonchev–Trinajstić information content (AvgIpc) is 3.39. The molecule has 24 heavy (non-hydrogen) atoms. The molecule has 1 saturated heterocycles. The smallest absolute Gasteiger partial charge is 0.238 e. The fourth-order valence-electron chi connectivity index (χ4n) is 5.60. The minimum absolute atomic E-state index is 0.0195. The number of hydrogen-bond donors (Lipinski definition) is 0. The molecule has 3 fully saturated rings. The molecule has 118 valence electrons. The van der Waals surface area contributed by atoms with Crippen molar-refractivity contribution in [1.82, 2.24) is 0 Å². The highest BCUT2D eigenvalue weighted by molar-refractivity contribution is 6.25. The van der Waals surface area contributed by atoms with Gasteiger partial charge in [0.1, 0.15) is 0 Å². The summed E-state index contributed by atoms with van der Waals surface area (Å²) in [6.45, 7) is 0. The molecule has 0 radical (unpaired) electrons. The molecule has 2 aromatic rings. The van der Waals surface area contributed by atoms with E-state index in [-0.39, 0.29) is 35.5 Å². The Kier molecular flexibility index (Phi) is 2.24. The third kappa shape index (κ3) is 1.40. The van der Waals surface area contributed by atoms with Crippen molar-refractivity contribution >= 4 is 28.3 Å². The Hall–Kier alpha value is -2.42. The molecule has 1 aliphatic heterocycles. The number of benzene rings is 2. The van der Waals surface area contributed by atoms with Gasteiger partial charge in [0, 0.05) is 5.39 Å². The van der Waals surface area contributed by atoms with Crippen LogP contribution in [0, 0.1) is 35.5 Å². The molecule has 2 amide bonds. The predicted molar refractivity (Wildman–Crippen MR) is 91.1 cm³/mol. The highest BCUT2D eigenvalue weighted by atomic mass is 16.2. The van der Waals surface area contributed by atoms with E-state index in [4.69, 9.17) is 0 Å². The van der Waals surface area contributed by atoms with Gasteiger partial charge < -0.3 is 0 Å². The Labute approximate surface area is 139 Å². The first kappa shape index (κ1) is 12.9. The number of rotatable bonds is 1. The molecule has 3 nitrogen and oxygen atoms in total. The maximum absolute atomic E-state index is 13.2. The summed E-state index contributed by atoms with van der Waals surface area (Å²) in [5, 5.41) is 2.04. The van der Waals surface area contributed by atoms with E-state index in [0.29, 0.717) is 11.8 Å². The quantitative estimate of drug-likeness (QED) is 0.597. The molecule has 1 heterocycles. The van der Waals surface area contributed by atoms with E-state index in [2.05, 4.69) is 12.2 Å². The summed E-state index contributed by atoms with van der Waals surface area (Å²) >= 11 is 0. The molecule has 6 atom stereocenters. The molecule has 0 N–H and O–H groups in total. The first-order chi connectivity index (χ1) is 11.8. The van der Waals surface area contributed by atoms with Crippen LogP contribution in [-0.2, 0) is 9.59 Å². The lowest BCUT2D eigenvalue weighted by molar-refractivity contribution is -0.124. The number of hydrogen-bond acceptors (Lipinski definition) is 2. The lowest BCUT2D eigenvalue weighted by Crippen LogP contribution is -2.40. The van der Waals surface area contributed by atoms with Crippen LogP contribution in [-0.4, -0.2) is 11.8 Å². The maximum Gasteiger partial charge on any atom is 0.238 e. The van der Waals surface area contributed by atoms with Gasteiger partial charge in [0.05, 0.1) is 17.5 Å². The summed E-state index contributed by atoms with van der Waals surface area (Å²) in [7, 11) is 0. The van der Waals surface area contributed by atoms with Gasteiger partial charge in [-0.1, -0.05) is 48.6 Å². The van der Waals surface area contributed by atoms with Crippen molar-refractivity contribution in [2.24, 2.45) is 35.5 Å². The SMILES string of the molecule is O=C1[C@H]2[C@@H]3C=C[C@@H]([C@H]4C[C@H]34)[C@@H]2C(=O)N1c1cccc2ccccc12. The third-order valence-electron chi connectivity index (χ3n) is 6.67. The van der Waals surface area contributed by atoms with Gasteiger partial charge in [0.15, 0.2) is 0 Å². The van der Waals surface area contributed by atoms with Crippen LogP contribution < -0.4 is 4.90 Å². The summed E-state index contributed by atoms with van der Waals surface area (Å²) in [4.78, 5) is 27.9. The molecule has 7 rings (SSSR count). The molecule has 2 aromatic carbocycles. The first-order valence-electron chi connectivity index (χ1n) is 8.79. The molecule has 2 bridgehead atoms. The van der Waals surface area contributed by atoms with E-state index >= 15 is 0 Å². The molecular formula is C21H17NO2. The highest BCUT2D eigenvalue weighted by Gasteiger charge is 2.67. The predicted octanol–water partition coefficient (Wildman–Crippen LogP) is 3.40. The van der Waals surface area contributed by atoms with Gasteiger partial charge in [0.2, 0.25) is 11.8 Å². The zero-order chi connectivity index (χ0) is 16.0. The van der Waals surface area contributed by atoms with E-state index in [9.17, 15) is 9.59 Å². The molecule has 0 spiro atoms.